The van der Waals surface area contributed by atoms with Crippen molar-refractivity contribution in [1.29, 1.82) is 0 Å². The molecule has 1 aromatic carbocycles. The molecule has 0 aromatic heterocycles. The molecule has 2 heteroatoms. The third-order valence-corrected chi connectivity index (χ3v) is 2.84. The van der Waals surface area contributed by atoms with E-state index in [1.165, 1.54) is 0 Å². The van der Waals surface area contributed by atoms with Gasteiger partial charge in [-0.15, -0.1) is 0 Å². The third-order valence-electron chi connectivity index (χ3n) is 2.84. The van der Waals surface area contributed by atoms with Crippen LogP contribution in [0, 0.1) is 5.41 Å². The molecule has 0 bridgehead atoms. The summed E-state index contributed by atoms with van der Waals surface area (Å²) < 4.78 is 5.69. The van der Waals surface area contributed by atoms with Gasteiger partial charge in [0.2, 0.25) is 0 Å². The van der Waals surface area contributed by atoms with Crippen molar-refractivity contribution in [3.05, 3.63) is 35.9 Å². The van der Waals surface area contributed by atoms with Gasteiger partial charge in [-0.2, -0.15) is 0 Å². The Hall–Kier alpha value is -0.860. The van der Waals surface area contributed by atoms with Crippen LogP contribution in [0.15, 0.2) is 30.3 Å². The van der Waals surface area contributed by atoms with Crippen molar-refractivity contribution >= 4 is 0 Å². The zero-order chi connectivity index (χ0) is 12.9. The largest absolute Gasteiger partial charge is 0.390 e. The van der Waals surface area contributed by atoms with E-state index in [0.29, 0.717) is 13.0 Å². The van der Waals surface area contributed by atoms with E-state index in [2.05, 4.69) is 20.8 Å². The summed E-state index contributed by atoms with van der Waals surface area (Å²) in [6.45, 7) is 8.90. The molecule has 1 N–H and O–H groups in total. The van der Waals surface area contributed by atoms with E-state index in [9.17, 15) is 5.11 Å². The molecule has 0 heterocycles. The smallest absolute Gasteiger partial charge is 0.0885 e. The van der Waals surface area contributed by atoms with E-state index in [1.54, 1.807) is 0 Å². The second-order valence-electron chi connectivity index (χ2n) is 5.50. The SMILES string of the molecule is CCOC(C(O)Cc1ccccc1)C(C)(C)C. The van der Waals surface area contributed by atoms with E-state index in [4.69, 9.17) is 4.74 Å². The van der Waals surface area contributed by atoms with Gasteiger partial charge in [0.25, 0.3) is 0 Å². The standard InChI is InChI=1S/C15H24O2/c1-5-17-14(15(2,3)4)13(16)11-12-9-7-6-8-10-12/h6-10,13-14,16H,5,11H2,1-4H3. The molecule has 0 fully saturated rings. The lowest BCUT2D eigenvalue weighted by Crippen LogP contribution is -2.41. The van der Waals surface area contributed by atoms with Crippen LogP contribution < -0.4 is 0 Å². The highest BCUT2D eigenvalue weighted by molar-refractivity contribution is 5.16. The monoisotopic (exact) mass is 236 g/mol. The molecule has 0 aliphatic rings. The Morgan fingerprint density at radius 2 is 1.76 bits per heavy atom. The Morgan fingerprint density at radius 1 is 1.18 bits per heavy atom. The maximum Gasteiger partial charge on any atom is 0.0885 e. The highest BCUT2D eigenvalue weighted by atomic mass is 16.5. The summed E-state index contributed by atoms with van der Waals surface area (Å²) >= 11 is 0. The van der Waals surface area contributed by atoms with Gasteiger partial charge in [-0.25, -0.2) is 0 Å². The molecule has 2 unspecified atom stereocenters. The van der Waals surface area contributed by atoms with Crippen LogP contribution in [0.4, 0.5) is 0 Å². The first-order valence-corrected chi connectivity index (χ1v) is 6.28. The molecule has 17 heavy (non-hydrogen) atoms. The van der Waals surface area contributed by atoms with Gasteiger partial charge in [-0.05, 0) is 17.9 Å². The van der Waals surface area contributed by atoms with E-state index in [0.717, 1.165) is 5.56 Å². The summed E-state index contributed by atoms with van der Waals surface area (Å²) in [6.07, 6.45) is 0.0491. The van der Waals surface area contributed by atoms with Crippen LogP contribution in [0.5, 0.6) is 0 Å². The van der Waals surface area contributed by atoms with Gasteiger partial charge in [0.15, 0.2) is 0 Å². The first-order chi connectivity index (χ1) is 7.95. The van der Waals surface area contributed by atoms with Crippen LogP contribution in [-0.4, -0.2) is 23.9 Å². The second-order valence-corrected chi connectivity index (χ2v) is 5.50. The molecule has 1 aromatic rings. The van der Waals surface area contributed by atoms with Gasteiger partial charge in [-0.3, -0.25) is 0 Å². The van der Waals surface area contributed by atoms with Crippen LogP contribution in [0.1, 0.15) is 33.3 Å². The summed E-state index contributed by atoms with van der Waals surface area (Å²) in [5.41, 5.74) is 1.10. The Morgan fingerprint density at radius 3 is 2.24 bits per heavy atom. The molecule has 0 radical (unpaired) electrons. The number of aliphatic hydroxyl groups is 1. The Kier molecular flexibility index (Phi) is 5.16. The van der Waals surface area contributed by atoms with Crippen molar-refractivity contribution in [3.8, 4) is 0 Å². The zero-order valence-electron chi connectivity index (χ0n) is 11.3. The van der Waals surface area contributed by atoms with Gasteiger partial charge >= 0.3 is 0 Å². The highest BCUT2D eigenvalue weighted by Gasteiger charge is 2.31. The highest BCUT2D eigenvalue weighted by Crippen LogP contribution is 2.26. The van der Waals surface area contributed by atoms with Crippen molar-refractivity contribution in [2.45, 2.75) is 46.3 Å². The molecule has 0 spiro atoms. The van der Waals surface area contributed by atoms with E-state index in [-0.39, 0.29) is 11.5 Å². The first kappa shape index (κ1) is 14.2. The fraction of sp³-hybridized carbons (Fsp3) is 0.600. The minimum Gasteiger partial charge on any atom is -0.390 e. The lowest BCUT2D eigenvalue weighted by molar-refractivity contribution is -0.0873. The molecule has 0 amide bonds. The lowest BCUT2D eigenvalue weighted by Gasteiger charge is -2.34. The van der Waals surface area contributed by atoms with Gasteiger partial charge in [0, 0.05) is 13.0 Å². The topological polar surface area (TPSA) is 29.5 Å². The number of ether oxygens (including phenoxy) is 1. The number of benzene rings is 1. The van der Waals surface area contributed by atoms with Crippen molar-refractivity contribution < 1.29 is 9.84 Å². The predicted molar refractivity (Wildman–Crippen MR) is 71.0 cm³/mol. The molecule has 96 valence electrons. The quantitative estimate of drug-likeness (QED) is 0.851. The van der Waals surface area contributed by atoms with Crippen molar-refractivity contribution in [2.75, 3.05) is 6.61 Å². The van der Waals surface area contributed by atoms with Crippen LogP contribution in [0.25, 0.3) is 0 Å². The maximum absolute atomic E-state index is 10.3. The summed E-state index contributed by atoms with van der Waals surface area (Å²) in [7, 11) is 0. The number of hydrogen-bond donors (Lipinski definition) is 1. The van der Waals surface area contributed by atoms with Gasteiger partial charge in [0.1, 0.15) is 0 Å². The van der Waals surface area contributed by atoms with Gasteiger partial charge in [0.05, 0.1) is 12.2 Å². The van der Waals surface area contributed by atoms with Crippen molar-refractivity contribution in [1.82, 2.24) is 0 Å². The molecule has 2 nitrogen and oxygen atoms in total. The first-order valence-electron chi connectivity index (χ1n) is 6.28. The van der Waals surface area contributed by atoms with E-state index < -0.39 is 6.10 Å². The second kappa shape index (κ2) is 6.18. The third kappa shape index (κ3) is 4.49. The Bertz CT molecular complexity index is 313. The number of hydrogen-bond acceptors (Lipinski definition) is 2. The summed E-state index contributed by atoms with van der Waals surface area (Å²) in [5, 5.41) is 10.3. The molecule has 2 atom stereocenters. The normalized spacial score (nSPS) is 15.6. The summed E-state index contributed by atoms with van der Waals surface area (Å²) in [5.74, 6) is 0. The van der Waals surface area contributed by atoms with Crippen LogP contribution in [-0.2, 0) is 11.2 Å². The summed E-state index contributed by atoms with van der Waals surface area (Å²) in [6, 6.07) is 10.0. The van der Waals surface area contributed by atoms with Crippen LogP contribution in [0.3, 0.4) is 0 Å². The lowest BCUT2D eigenvalue weighted by atomic mass is 9.83. The molecule has 0 aliphatic heterocycles. The molecular formula is C15H24O2. The minimum atomic E-state index is -0.461. The molecule has 0 saturated carbocycles. The van der Waals surface area contributed by atoms with Crippen molar-refractivity contribution in [3.63, 3.8) is 0 Å². The summed E-state index contributed by atoms with van der Waals surface area (Å²) in [4.78, 5) is 0. The number of aliphatic hydroxyl groups excluding tert-OH is 1. The maximum atomic E-state index is 10.3. The van der Waals surface area contributed by atoms with Gasteiger partial charge in [-0.1, -0.05) is 51.1 Å². The van der Waals surface area contributed by atoms with Crippen LogP contribution in [0.2, 0.25) is 0 Å². The van der Waals surface area contributed by atoms with Gasteiger partial charge < -0.3 is 9.84 Å². The average Bonchev–Trinajstić information content (AvgIpc) is 2.25. The van der Waals surface area contributed by atoms with E-state index >= 15 is 0 Å². The Balaban J connectivity index is 2.69. The van der Waals surface area contributed by atoms with Crippen molar-refractivity contribution in [2.24, 2.45) is 5.41 Å². The zero-order valence-corrected chi connectivity index (χ0v) is 11.3. The fourth-order valence-electron chi connectivity index (χ4n) is 2.08. The van der Waals surface area contributed by atoms with E-state index in [1.807, 2.05) is 37.3 Å². The molecule has 0 saturated heterocycles. The number of rotatable bonds is 5. The molecule has 1 rings (SSSR count). The minimum absolute atomic E-state index is 0.0514. The fourth-order valence-corrected chi connectivity index (χ4v) is 2.08. The van der Waals surface area contributed by atoms with Crippen LogP contribution >= 0.6 is 0 Å². The predicted octanol–water partition coefficient (Wildman–Crippen LogP) is 3.04. The Labute approximate surface area is 105 Å². The molecular weight excluding hydrogens is 212 g/mol. The average molecular weight is 236 g/mol. The molecule has 0 aliphatic carbocycles.